The van der Waals surface area contributed by atoms with Gasteiger partial charge in [-0.25, -0.2) is 4.79 Å². The van der Waals surface area contributed by atoms with Crippen LogP contribution in [0.15, 0.2) is 54.6 Å². The highest BCUT2D eigenvalue weighted by atomic mass is 16.5. The Bertz CT molecular complexity index is 787. The van der Waals surface area contributed by atoms with Crippen molar-refractivity contribution in [2.45, 2.75) is 25.8 Å². The Balaban J connectivity index is 1.40. The summed E-state index contributed by atoms with van der Waals surface area (Å²) in [7, 11) is 1.63. The molecule has 2 N–H and O–H groups in total. The number of nitrogens with zero attached hydrogens (tertiary/aromatic N) is 1. The second-order valence-corrected chi connectivity index (χ2v) is 7.02. The van der Waals surface area contributed by atoms with E-state index in [2.05, 4.69) is 10.6 Å². The largest absolute Gasteiger partial charge is 0.496 e. The number of carbonyl (C=O) groups excluding carboxylic acids is 2. The predicted octanol–water partition coefficient (Wildman–Crippen LogP) is 3.65. The van der Waals surface area contributed by atoms with E-state index >= 15 is 0 Å². The Morgan fingerprint density at radius 1 is 1.04 bits per heavy atom. The maximum Gasteiger partial charge on any atom is 0.321 e. The zero-order valence-corrected chi connectivity index (χ0v) is 16.2. The molecule has 1 saturated heterocycles. The molecule has 1 aliphatic heterocycles. The van der Waals surface area contributed by atoms with Crippen molar-refractivity contribution in [2.75, 3.05) is 25.5 Å². The van der Waals surface area contributed by atoms with Gasteiger partial charge in [-0.3, -0.25) is 4.79 Å². The lowest BCUT2D eigenvalue weighted by molar-refractivity contribution is -0.122. The van der Waals surface area contributed by atoms with Gasteiger partial charge < -0.3 is 20.3 Å². The number of carbonyl (C=O) groups is 2. The SMILES string of the molecule is COc1ccccc1CNC(=O)CC1CCN(C(=O)Nc2ccccc2)CC1. The average Bonchev–Trinajstić information content (AvgIpc) is 2.73. The summed E-state index contributed by atoms with van der Waals surface area (Å²) >= 11 is 0. The minimum Gasteiger partial charge on any atom is -0.496 e. The number of methoxy groups -OCH3 is 1. The lowest BCUT2D eigenvalue weighted by Crippen LogP contribution is -2.41. The molecule has 148 valence electrons. The average molecular weight is 381 g/mol. The number of likely N-dealkylation sites (tertiary alicyclic amines) is 1. The molecule has 0 saturated carbocycles. The molecule has 0 unspecified atom stereocenters. The van der Waals surface area contributed by atoms with E-state index in [4.69, 9.17) is 4.74 Å². The number of hydrogen-bond acceptors (Lipinski definition) is 3. The number of rotatable bonds is 6. The monoisotopic (exact) mass is 381 g/mol. The Hall–Kier alpha value is -3.02. The summed E-state index contributed by atoms with van der Waals surface area (Å²) in [6.07, 6.45) is 2.16. The molecule has 3 amide bonds. The zero-order valence-electron chi connectivity index (χ0n) is 16.2. The van der Waals surface area contributed by atoms with Crippen molar-refractivity contribution in [3.63, 3.8) is 0 Å². The van der Waals surface area contributed by atoms with Crippen LogP contribution in [0.25, 0.3) is 0 Å². The minimum absolute atomic E-state index is 0.0399. The van der Waals surface area contributed by atoms with E-state index in [0.29, 0.717) is 32.0 Å². The number of nitrogens with one attached hydrogen (secondary N) is 2. The van der Waals surface area contributed by atoms with Gasteiger partial charge in [0, 0.05) is 37.3 Å². The first kappa shape index (κ1) is 19.7. The molecule has 0 bridgehead atoms. The van der Waals surface area contributed by atoms with E-state index in [1.807, 2.05) is 59.5 Å². The first-order valence-corrected chi connectivity index (χ1v) is 9.65. The maximum atomic E-state index is 12.3. The lowest BCUT2D eigenvalue weighted by Gasteiger charge is -2.31. The van der Waals surface area contributed by atoms with Crippen LogP contribution in [-0.4, -0.2) is 37.0 Å². The highest BCUT2D eigenvalue weighted by molar-refractivity contribution is 5.89. The van der Waals surface area contributed by atoms with E-state index in [1.165, 1.54) is 0 Å². The van der Waals surface area contributed by atoms with Crippen molar-refractivity contribution in [3.8, 4) is 5.75 Å². The lowest BCUT2D eigenvalue weighted by atomic mass is 9.93. The maximum absolute atomic E-state index is 12.3. The minimum atomic E-state index is -0.0784. The van der Waals surface area contributed by atoms with Gasteiger partial charge in [0.05, 0.1) is 7.11 Å². The highest BCUT2D eigenvalue weighted by Gasteiger charge is 2.24. The first-order valence-electron chi connectivity index (χ1n) is 9.65. The van der Waals surface area contributed by atoms with Gasteiger partial charge in [0.25, 0.3) is 0 Å². The van der Waals surface area contributed by atoms with Gasteiger partial charge in [-0.05, 0) is 37.0 Å². The van der Waals surface area contributed by atoms with Crippen LogP contribution in [0, 0.1) is 5.92 Å². The van der Waals surface area contributed by atoms with Crippen LogP contribution in [-0.2, 0) is 11.3 Å². The van der Waals surface area contributed by atoms with Gasteiger partial charge in [-0.2, -0.15) is 0 Å². The molecule has 6 nitrogen and oxygen atoms in total. The molecule has 1 aliphatic rings. The number of urea groups is 1. The fourth-order valence-corrected chi connectivity index (χ4v) is 3.44. The van der Waals surface area contributed by atoms with Crippen LogP contribution in [0.2, 0.25) is 0 Å². The smallest absolute Gasteiger partial charge is 0.321 e. The molecule has 3 rings (SSSR count). The Morgan fingerprint density at radius 3 is 2.43 bits per heavy atom. The molecule has 2 aromatic rings. The van der Waals surface area contributed by atoms with Crippen molar-refractivity contribution in [2.24, 2.45) is 5.92 Å². The van der Waals surface area contributed by atoms with Gasteiger partial charge in [-0.1, -0.05) is 36.4 Å². The molecular formula is C22H27N3O3. The van der Waals surface area contributed by atoms with Crippen molar-refractivity contribution >= 4 is 17.6 Å². The number of ether oxygens (including phenoxy) is 1. The summed E-state index contributed by atoms with van der Waals surface area (Å²) in [5.41, 5.74) is 1.76. The van der Waals surface area contributed by atoms with Gasteiger partial charge >= 0.3 is 6.03 Å². The third-order valence-electron chi connectivity index (χ3n) is 5.07. The number of benzene rings is 2. The molecule has 1 heterocycles. The molecule has 28 heavy (non-hydrogen) atoms. The summed E-state index contributed by atoms with van der Waals surface area (Å²) in [6.45, 7) is 1.80. The molecule has 2 aromatic carbocycles. The second kappa shape index (κ2) is 9.78. The molecule has 0 radical (unpaired) electrons. The Kier molecular flexibility index (Phi) is 6.89. The van der Waals surface area contributed by atoms with E-state index in [1.54, 1.807) is 7.11 Å². The van der Waals surface area contributed by atoms with Crippen molar-refractivity contribution < 1.29 is 14.3 Å². The summed E-state index contributed by atoms with van der Waals surface area (Å²) in [6, 6.07) is 17.0. The van der Waals surface area contributed by atoms with Crippen LogP contribution in [0.3, 0.4) is 0 Å². The fraction of sp³-hybridized carbons (Fsp3) is 0.364. The molecule has 1 fully saturated rings. The van der Waals surface area contributed by atoms with Crippen LogP contribution < -0.4 is 15.4 Å². The van der Waals surface area contributed by atoms with Crippen molar-refractivity contribution in [3.05, 3.63) is 60.2 Å². The standard InChI is InChI=1S/C22H27N3O3/c1-28-20-10-6-5-7-18(20)16-23-21(26)15-17-11-13-25(14-12-17)22(27)24-19-8-3-2-4-9-19/h2-10,17H,11-16H2,1H3,(H,23,26)(H,24,27). The summed E-state index contributed by atoms with van der Waals surface area (Å²) in [4.78, 5) is 26.5. The fourth-order valence-electron chi connectivity index (χ4n) is 3.44. The van der Waals surface area contributed by atoms with Crippen LogP contribution >= 0.6 is 0 Å². The number of hydrogen-bond donors (Lipinski definition) is 2. The predicted molar refractivity (Wildman–Crippen MR) is 109 cm³/mol. The van der Waals surface area contributed by atoms with Crippen molar-refractivity contribution in [1.29, 1.82) is 0 Å². The van der Waals surface area contributed by atoms with E-state index in [9.17, 15) is 9.59 Å². The highest BCUT2D eigenvalue weighted by Crippen LogP contribution is 2.22. The van der Waals surface area contributed by atoms with E-state index < -0.39 is 0 Å². The normalized spacial score (nSPS) is 14.4. The number of piperidine rings is 1. The third-order valence-corrected chi connectivity index (χ3v) is 5.07. The molecule has 6 heteroatoms. The van der Waals surface area contributed by atoms with Gasteiger partial charge in [-0.15, -0.1) is 0 Å². The van der Waals surface area contributed by atoms with E-state index in [0.717, 1.165) is 29.8 Å². The van der Waals surface area contributed by atoms with Gasteiger partial charge in [0.1, 0.15) is 5.75 Å². The summed E-state index contributed by atoms with van der Waals surface area (Å²) < 4.78 is 5.31. The third kappa shape index (κ3) is 5.49. The number of anilines is 1. The quantitative estimate of drug-likeness (QED) is 0.802. The first-order chi connectivity index (χ1) is 13.7. The Morgan fingerprint density at radius 2 is 1.71 bits per heavy atom. The zero-order chi connectivity index (χ0) is 19.8. The van der Waals surface area contributed by atoms with Crippen LogP contribution in [0.1, 0.15) is 24.8 Å². The summed E-state index contributed by atoms with van der Waals surface area (Å²) in [5.74, 6) is 1.12. The summed E-state index contributed by atoms with van der Waals surface area (Å²) in [5, 5.41) is 5.89. The number of para-hydroxylation sites is 2. The second-order valence-electron chi connectivity index (χ2n) is 7.02. The molecule has 0 aliphatic carbocycles. The number of amides is 3. The van der Waals surface area contributed by atoms with Crippen molar-refractivity contribution in [1.82, 2.24) is 10.2 Å². The van der Waals surface area contributed by atoms with Gasteiger partial charge in [0.2, 0.25) is 5.91 Å². The Labute approximate surface area is 165 Å². The van der Waals surface area contributed by atoms with Gasteiger partial charge in [0.15, 0.2) is 0 Å². The van der Waals surface area contributed by atoms with E-state index in [-0.39, 0.29) is 11.9 Å². The molecule has 0 spiro atoms. The topological polar surface area (TPSA) is 70.7 Å². The molecule has 0 aromatic heterocycles. The van der Waals surface area contributed by atoms with Crippen LogP contribution in [0.5, 0.6) is 5.75 Å². The molecular weight excluding hydrogens is 354 g/mol. The van der Waals surface area contributed by atoms with Crippen LogP contribution in [0.4, 0.5) is 10.5 Å². The molecule has 0 atom stereocenters.